The number of phenolic OH excluding ortho intramolecular Hbond substituents is 1. The Bertz CT molecular complexity index is 1270. The van der Waals surface area contributed by atoms with E-state index in [0.29, 0.717) is 23.1 Å². The third kappa shape index (κ3) is 4.35. The van der Waals surface area contributed by atoms with Crippen molar-refractivity contribution in [3.63, 3.8) is 0 Å². The van der Waals surface area contributed by atoms with Crippen LogP contribution < -0.4 is 0 Å². The summed E-state index contributed by atoms with van der Waals surface area (Å²) < 4.78 is 27.3. The number of carbonyl (C=O) groups excluding carboxylic acids is 1. The number of amides is 1. The first-order valence-electron chi connectivity index (χ1n) is 10.4. The Morgan fingerprint density at radius 2 is 1.66 bits per heavy atom. The molecule has 4 rings (SSSR count). The Labute approximate surface area is 185 Å². The maximum Gasteiger partial charge on any atom is 0.256 e. The van der Waals surface area contributed by atoms with Gasteiger partial charge in [0.15, 0.2) is 11.6 Å². The Hall–Kier alpha value is -3.67. The fourth-order valence-corrected chi connectivity index (χ4v) is 3.88. The van der Waals surface area contributed by atoms with Crippen molar-refractivity contribution >= 4 is 16.8 Å². The number of halogens is 2. The highest BCUT2D eigenvalue weighted by molar-refractivity contribution is 6.08. The van der Waals surface area contributed by atoms with Gasteiger partial charge in [-0.3, -0.25) is 4.79 Å². The Morgan fingerprint density at radius 3 is 2.34 bits per heavy atom. The quantitative estimate of drug-likeness (QED) is 0.384. The van der Waals surface area contributed by atoms with E-state index in [-0.39, 0.29) is 24.1 Å². The molecule has 0 unspecified atom stereocenters. The topological polar surface area (TPSA) is 56.3 Å². The van der Waals surface area contributed by atoms with E-state index in [0.717, 1.165) is 28.9 Å². The lowest BCUT2D eigenvalue weighted by atomic mass is 10.0. The lowest BCUT2D eigenvalue weighted by Crippen LogP contribution is -2.31. The van der Waals surface area contributed by atoms with Crippen LogP contribution in [0.1, 0.15) is 46.9 Å². The number of rotatable bonds is 6. The van der Waals surface area contributed by atoms with Crippen molar-refractivity contribution in [3.8, 4) is 5.75 Å². The van der Waals surface area contributed by atoms with E-state index >= 15 is 0 Å². The van der Waals surface area contributed by atoms with Crippen LogP contribution in [0, 0.1) is 11.6 Å². The third-order valence-corrected chi connectivity index (χ3v) is 5.46. The van der Waals surface area contributed by atoms with Crippen LogP contribution in [0.25, 0.3) is 10.9 Å². The van der Waals surface area contributed by atoms with Crippen LogP contribution in [0.3, 0.4) is 0 Å². The largest absolute Gasteiger partial charge is 0.508 e. The van der Waals surface area contributed by atoms with Crippen molar-refractivity contribution < 1.29 is 18.7 Å². The van der Waals surface area contributed by atoms with Crippen molar-refractivity contribution in [2.24, 2.45) is 0 Å². The van der Waals surface area contributed by atoms with Gasteiger partial charge in [-0.25, -0.2) is 8.78 Å². The van der Waals surface area contributed by atoms with E-state index < -0.39 is 11.6 Å². The second kappa shape index (κ2) is 8.83. The first-order valence-corrected chi connectivity index (χ1v) is 10.4. The minimum absolute atomic E-state index is 0.0327. The molecular weight excluding hydrogens is 410 g/mol. The van der Waals surface area contributed by atoms with Gasteiger partial charge in [-0.1, -0.05) is 50.2 Å². The zero-order valence-electron chi connectivity index (χ0n) is 17.9. The molecule has 2 N–H and O–H groups in total. The smallest absolute Gasteiger partial charge is 0.256 e. The van der Waals surface area contributed by atoms with Crippen LogP contribution in [0.4, 0.5) is 8.78 Å². The molecule has 0 bridgehead atoms. The van der Waals surface area contributed by atoms with Gasteiger partial charge >= 0.3 is 0 Å². The number of nitrogens with zero attached hydrogens (tertiary/aromatic N) is 1. The number of hydrogen-bond acceptors (Lipinski definition) is 2. The number of aromatic hydroxyl groups is 1. The number of benzene rings is 3. The van der Waals surface area contributed by atoms with Crippen molar-refractivity contribution in [2.45, 2.75) is 32.9 Å². The summed E-state index contributed by atoms with van der Waals surface area (Å²) >= 11 is 0. The average Bonchev–Trinajstić information content (AvgIpc) is 3.15. The Morgan fingerprint density at radius 1 is 0.938 bits per heavy atom. The SMILES string of the molecule is CC(C)c1[nH]c2ccc(O)cc2c1C(=O)N(Cc1ccccc1)Cc1ccc(F)c(F)c1. The summed E-state index contributed by atoms with van der Waals surface area (Å²) in [7, 11) is 0. The highest BCUT2D eigenvalue weighted by Crippen LogP contribution is 2.32. The summed E-state index contributed by atoms with van der Waals surface area (Å²) in [4.78, 5) is 18.8. The van der Waals surface area contributed by atoms with Crippen molar-refractivity contribution in [1.82, 2.24) is 9.88 Å². The average molecular weight is 434 g/mol. The number of carbonyl (C=O) groups is 1. The van der Waals surface area contributed by atoms with Gasteiger partial charge in [0.05, 0.1) is 5.56 Å². The summed E-state index contributed by atoms with van der Waals surface area (Å²) in [5, 5.41) is 10.7. The number of phenols is 1. The summed E-state index contributed by atoms with van der Waals surface area (Å²) in [6.07, 6.45) is 0. The molecule has 0 aliphatic rings. The molecule has 0 fully saturated rings. The van der Waals surface area contributed by atoms with Crippen LogP contribution in [-0.4, -0.2) is 20.9 Å². The predicted octanol–water partition coefficient (Wildman–Crippen LogP) is 6.12. The second-order valence-corrected chi connectivity index (χ2v) is 8.19. The minimum Gasteiger partial charge on any atom is -0.508 e. The summed E-state index contributed by atoms with van der Waals surface area (Å²) in [6, 6.07) is 18.0. The lowest BCUT2D eigenvalue weighted by Gasteiger charge is -2.24. The van der Waals surface area contributed by atoms with Gasteiger partial charge in [0, 0.05) is 29.7 Å². The van der Waals surface area contributed by atoms with Gasteiger partial charge in [0.1, 0.15) is 5.75 Å². The minimum atomic E-state index is -0.950. The van der Waals surface area contributed by atoms with Crippen molar-refractivity contribution in [1.29, 1.82) is 0 Å². The molecule has 3 aromatic carbocycles. The van der Waals surface area contributed by atoms with Crippen LogP contribution in [0.15, 0.2) is 66.7 Å². The lowest BCUT2D eigenvalue weighted by molar-refractivity contribution is 0.0730. The van der Waals surface area contributed by atoms with Crippen LogP contribution in [0.5, 0.6) is 5.75 Å². The molecule has 0 aliphatic heterocycles. The van der Waals surface area contributed by atoms with Crippen molar-refractivity contribution in [3.05, 3.63) is 101 Å². The molecule has 0 spiro atoms. The molecule has 4 aromatic rings. The fraction of sp³-hybridized carbons (Fsp3) is 0.192. The number of aromatic nitrogens is 1. The van der Waals surface area contributed by atoms with E-state index in [9.17, 15) is 18.7 Å². The molecule has 0 aliphatic carbocycles. The normalized spacial score (nSPS) is 11.3. The highest BCUT2D eigenvalue weighted by atomic mass is 19.2. The fourth-order valence-electron chi connectivity index (χ4n) is 3.88. The van der Waals surface area contributed by atoms with Gasteiger partial charge in [-0.05, 0) is 47.4 Å². The monoisotopic (exact) mass is 434 g/mol. The molecule has 1 amide bonds. The molecule has 6 heteroatoms. The van der Waals surface area contributed by atoms with E-state index in [4.69, 9.17) is 0 Å². The molecule has 1 heterocycles. The highest BCUT2D eigenvalue weighted by Gasteiger charge is 2.26. The second-order valence-electron chi connectivity index (χ2n) is 8.19. The Balaban J connectivity index is 1.80. The predicted molar refractivity (Wildman–Crippen MR) is 120 cm³/mol. The molecule has 0 saturated carbocycles. The van der Waals surface area contributed by atoms with Crippen LogP contribution in [0.2, 0.25) is 0 Å². The molecular formula is C26H24F2N2O2. The Kier molecular flexibility index (Phi) is 5.95. The summed E-state index contributed by atoms with van der Waals surface area (Å²) in [5.74, 6) is -2.03. The van der Waals surface area contributed by atoms with E-state index in [1.807, 2.05) is 44.2 Å². The first kappa shape index (κ1) is 21.6. The number of aromatic amines is 1. The van der Waals surface area contributed by atoms with Gasteiger partial charge in [-0.2, -0.15) is 0 Å². The molecule has 164 valence electrons. The zero-order valence-corrected chi connectivity index (χ0v) is 17.9. The van der Waals surface area contributed by atoms with Gasteiger partial charge in [-0.15, -0.1) is 0 Å². The van der Waals surface area contributed by atoms with Crippen molar-refractivity contribution in [2.75, 3.05) is 0 Å². The van der Waals surface area contributed by atoms with Crippen LogP contribution >= 0.6 is 0 Å². The van der Waals surface area contributed by atoms with Crippen LogP contribution in [-0.2, 0) is 13.1 Å². The van der Waals surface area contributed by atoms with E-state index in [2.05, 4.69) is 4.98 Å². The summed E-state index contributed by atoms with van der Waals surface area (Å²) in [5.41, 5.74) is 3.39. The third-order valence-electron chi connectivity index (χ3n) is 5.46. The van der Waals surface area contributed by atoms with Gasteiger partial charge < -0.3 is 15.0 Å². The molecule has 0 radical (unpaired) electrons. The number of hydrogen-bond donors (Lipinski definition) is 2. The molecule has 32 heavy (non-hydrogen) atoms. The summed E-state index contributed by atoms with van der Waals surface area (Å²) in [6.45, 7) is 4.37. The molecule has 0 saturated heterocycles. The molecule has 0 atom stereocenters. The maximum atomic E-state index is 13.9. The zero-order chi connectivity index (χ0) is 22.8. The maximum absolute atomic E-state index is 13.9. The standard InChI is InChI=1S/C26H24F2N2O2/c1-16(2)25-24(20-13-19(31)9-11-23(20)29-25)26(32)30(14-17-6-4-3-5-7-17)15-18-8-10-21(27)22(28)12-18/h3-13,16,29,31H,14-15H2,1-2H3. The molecule has 1 aromatic heterocycles. The number of nitrogens with one attached hydrogen (secondary N) is 1. The van der Waals surface area contributed by atoms with Gasteiger partial charge in [0.2, 0.25) is 0 Å². The number of H-pyrrole nitrogens is 1. The van der Waals surface area contributed by atoms with Gasteiger partial charge in [0.25, 0.3) is 5.91 Å². The van der Waals surface area contributed by atoms with E-state index in [1.165, 1.54) is 6.07 Å². The number of fused-ring (bicyclic) bond motifs is 1. The molecule has 4 nitrogen and oxygen atoms in total. The van der Waals surface area contributed by atoms with E-state index in [1.54, 1.807) is 23.1 Å². The first-order chi connectivity index (χ1) is 15.3.